The molecule has 330 valence electrons. The Balaban J connectivity index is 0. The first-order valence-electron chi connectivity index (χ1n) is 20.4. The minimum atomic E-state index is -0.901. The van der Waals surface area contributed by atoms with Crippen molar-refractivity contribution in [1.82, 2.24) is 18.7 Å². The van der Waals surface area contributed by atoms with Crippen LogP contribution in [-0.4, -0.2) is 128 Å². The van der Waals surface area contributed by atoms with Crippen molar-refractivity contribution in [2.24, 2.45) is 23.3 Å². The second-order valence-corrected chi connectivity index (χ2v) is 21.4. The molecule has 0 rings (SSSR count). The number of nitrogens with two attached hydrogens (primary N) is 2. The average molecular weight is 861 g/mol. The normalized spacial score (nSPS) is 14.5. The Morgan fingerprint density at radius 3 is 1.00 bits per heavy atom. The molecule has 55 heavy (non-hydrogen) atoms. The molecule has 0 aliphatic carbocycles. The van der Waals surface area contributed by atoms with Crippen LogP contribution in [0.15, 0.2) is 0 Å². The second-order valence-electron chi connectivity index (χ2n) is 16.2. The topological polar surface area (TPSA) is 136 Å². The Hall–Kier alpha value is 0.500. The van der Waals surface area contributed by atoms with Gasteiger partial charge >= 0.3 is 0 Å². The maximum atomic E-state index is 12.0. The van der Waals surface area contributed by atoms with Crippen LogP contribution >= 0.6 is 40.4 Å². The third-order valence-corrected chi connectivity index (χ3v) is 16.4. The molecule has 3 atom stereocenters. The third-order valence-electron chi connectivity index (χ3n) is 8.38. The molecule has 3 unspecified atom stereocenters. The van der Waals surface area contributed by atoms with Crippen LogP contribution in [-0.2, 0) is 28.1 Å². The zero-order valence-electron chi connectivity index (χ0n) is 38.4. The van der Waals surface area contributed by atoms with Gasteiger partial charge in [0.1, 0.15) is 0 Å². The van der Waals surface area contributed by atoms with Crippen LogP contribution in [0.4, 0.5) is 0 Å². The fourth-order valence-corrected chi connectivity index (χ4v) is 11.9. The number of hydrogen-bond donors (Lipinski definition) is 2. The van der Waals surface area contributed by atoms with Gasteiger partial charge in [0.2, 0.25) is 0 Å². The number of hydrogen-bond acceptors (Lipinski definition) is 14. The van der Waals surface area contributed by atoms with Gasteiger partial charge in [0.25, 0.3) is 0 Å². The molecule has 0 aliphatic heterocycles. The molecule has 0 bridgehead atoms. The number of nitrogens with zero attached hydrogens (tertiary/aromatic N) is 4. The van der Waals surface area contributed by atoms with Crippen molar-refractivity contribution >= 4 is 50.7 Å². The predicted octanol–water partition coefficient (Wildman–Crippen LogP) is 8.98. The molecule has 0 radical (unpaired) electrons. The number of ether oxygens (including phenoxy) is 2. The van der Waals surface area contributed by atoms with Crippen molar-refractivity contribution in [3.05, 3.63) is 0 Å². The van der Waals surface area contributed by atoms with Crippen LogP contribution in [0.5, 0.6) is 0 Å². The molecule has 16 heteroatoms. The zero-order valence-corrected chi connectivity index (χ0v) is 41.8. The molecule has 0 heterocycles. The lowest BCUT2D eigenvalue weighted by Gasteiger charge is -2.45. The summed E-state index contributed by atoms with van der Waals surface area (Å²) in [7, 11) is -1.80. The quantitative estimate of drug-likeness (QED) is 0.0440. The molecule has 0 aromatic heterocycles. The minimum absolute atomic E-state index is 0.0785. The van der Waals surface area contributed by atoms with Crippen molar-refractivity contribution < 1.29 is 28.1 Å². The van der Waals surface area contributed by atoms with E-state index in [1.165, 1.54) is 23.5 Å². The molecular formula is C39H86N6O6P2S2. The highest BCUT2D eigenvalue weighted by Crippen LogP contribution is 2.51. The summed E-state index contributed by atoms with van der Waals surface area (Å²) in [6.07, 6.45) is 0. The van der Waals surface area contributed by atoms with Crippen LogP contribution in [0.25, 0.3) is 0 Å². The standard InChI is InChI=1S/C20H44N3O3PS.C19H42N3O3PS/c1-14(2)22(15(3)4)27(23(16(5)6)17(7)8)26-12-11-25-13-28-20(24)18(9)19(10)21;1-14(2)21(15(3)4)26(22(16(5)6)17(7)8)25-11-10-24-13-27-19(23)18(9)12-20/h14-19H,11-13,21H2,1-10H3;14-18H,10-13,20H2,1-9H3. The van der Waals surface area contributed by atoms with E-state index < -0.39 is 16.9 Å². The van der Waals surface area contributed by atoms with Gasteiger partial charge in [-0.05, 0) is 118 Å². The van der Waals surface area contributed by atoms with E-state index in [4.69, 9.17) is 30.0 Å². The molecule has 0 fully saturated rings. The van der Waals surface area contributed by atoms with Crippen molar-refractivity contribution in [1.29, 1.82) is 0 Å². The van der Waals surface area contributed by atoms with Gasteiger partial charge in [-0.15, -0.1) is 0 Å². The first-order valence-corrected chi connectivity index (χ1v) is 24.7. The van der Waals surface area contributed by atoms with E-state index in [2.05, 4.69) is 129 Å². The van der Waals surface area contributed by atoms with Crippen molar-refractivity contribution in [3.63, 3.8) is 0 Å². The van der Waals surface area contributed by atoms with Gasteiger partial charge in [-0.1, -0.05) is 37.4 Å². The van der Waals surface area contributed by atoms with Gasteiger partial charge in [0.15, 0.2) is 27.1 Å². The number of carbonyl (C=O) groups excluding carboxylic acids is 2. The molecular weight excluding hydrogens is 775 g/mol. The zero-order chi connectivity index (χ0) is 43.2. The fourth-order valence-electron chi connectivity index (χ4n) is 5.73. The van der Waals surface area contributed by atoms with Crippen molar-refractivity contribution in [2.45, 2.75) is 186 Å². The Kier molecular flexibility index (Phi) is 32.9. The summed E-state index contributed by atoms with van der Waals surface area (Å²) in [4.78, 5) is 23.7. The molecule has 0 aromatic rings. The van der Waals surface area contributed by atoms with E-state index in [-0.39, 0.29) is 28.1 Å². The summed E-state index contributed by atoms with van der Waals surface area (Å²) in [5, 5.41) is 0.159. The molecule has 0 aliphatic rings. The minimum Gasteiger partial charge on any atom is -0.368 e. The number of carbonyl (C=O) groups is 2. The maximum Gasteiger partial charge on any atom is 0.195 e. The predicted molar refractivity (Wildman–Crippen MR) is 242 cm³/mol. The second kappa shape index (κ2) is 31.4. The van der Waals surface area contributed by atoms with Crippen molar-refractivity contribution in [3.8, 4) is 0 Å². The lowest BCUT2D eigenvalue weighted by Crippen LogP contribution is -2.43. The van der Waals surface area contributed by atoms with Crippen LogP contribution in [0, 0.1) is 11.8 Å². The number of rotatable bonds is 28. The van der Waals surface area contributed by atoms with Gasteiger partial charge < -0.3 is 30.0 Å². The van der Waals surface area contributed by atoms with E-state index >= 15 is 0 Å². The van der Waals surface area contributed by atoms with Crippen molar-refractivity contribution in [2.75, 3.05) is 44.9 Å². The summed E-state index contributed by atoms with van der Waals surface area (Å²) >= 11 is 2.38. The Morgan fingerprint density at radius 2 is 0.764 bits per heavy atom. The van der Waals surface area contributed by atoms with E-state index in [0.717, 1.165) is 0 Å². The maximum absolute atomic E-state index is 12.0. The molecule has 0 saturated carbocycles. The molecule has 0 amide bonds. The van der Waals surface area contributed by atoms with E-state index in [9.17, 15) is 9.59 Å². The summed E-state index contributed by atoms with van der Waals surface area (Å²) in [5.74, 6) is 0.404. The average Bonchev–Trinajstić information content (AvgIpc) is 3.05. The lowest BCUT2D eigenvalue weighted by molar-refractivity contribution is -0.114. The molecule has 0 saturated heterocycles. The van der Waals surface area contributed by atoms with E-state index in [0.29, 0.717) is 93.2 Å². The van der Waals surface area contributed by atoms with Gasteiger partial charge in [-0.25, -0.2) is 18.7 Å². The highest BCUT2D eigenvalue weighted by molar-refractivity contribution is 8.13. The smallest absolute Gasteiger partial charge is 0.195 e. The first kappa shape index (κ1) is 57.6. The number of thioether (sulfide) groups is 2. The van der Waals surface area contributed by atoms with Crippen LogP contribution in [0.3, 0.4) is 0 Å². The third kappa shape index (κ3) is 23.2. The van der Waals surface area contributed by atoms with E-state index in [1.54, 1.807) is 0 Å². The largest absolute Gasteiger partial charge is 0.368 e. The molecule has 12 nitrogen and oxygen atoms in total. The van der Waals surface area contributed by atoms with Crippen LogP contribution in [0.2, 0.25) is 0 Å². The molecule has 4 N–H and O–H groups in total. The fraction of sp³-hybridized carbons (Fsp3) is 0.949. The summed E-state index contributed by atoms with van der Waals surface area (Å²) < 4.78 is 33.8. The monoisotopic (exact) mass is 861 g/mol. The highest BCUT2D eigenvalue weighted by Gasteiger charge is 2.35. The molecule has 0 aromatic carbocycles. The SMILES string of the molecule is CC(CN)C(=O)SCOCCOP(N(C(C)C)C(C)C)N(C(C)C)C(C)C.CC(N)C(C)C(=O)SCOCCOP(N(C(C)C)C(C)C)N(C(C)C)C(C)C. The summed E-state index contributed by atoms with van der Waals surface area (Å²) in [5.41, 5.74) is 11.3. The Bertz CT molecular complexity index is 929. The molecule has 0 spiro atoms. The van der Waals surface area contributed by atoms with Crippen LogP contribution < -0.4 is 11.5 Å². The lowest BCUT2D eigenvalue weighted by atomic mass is 10.1. The highest BCUT2D eigenvalue weighted by atomic mass is 32.2. The van der Waals surface area contributed by atoms with Gasteiger partial charge in [0.05, 0.1) is 38.3 Å². The van der Waals surface area contributed by atoms with Gasteiger partial charge in [-0.2, -0.15) is 0 Å². The first-order chi connectivity index (χ1) is 25.5. The Labute approximate surface area is 350 Å². The van der Waals surface area contributed by atoms with Gasteiger partial charge in [-0.3, -0.25) is 9.59 Å². The van der Waals surface area contributed by atoms with E-state index in [1.807, 2.05) is 20.8 Å². The summed E-state index contributed by atoms with van der Waals surface area (Å²) in [6, 6.07) is 2.99. The Morgan fingerprint density at radius 1 is 0.491 bits per heavy atom. The van der Waals surface area contributed by atoms with Gasteiger partial charge in [0, 0.05) is 72.8 Å². The van der Waals surface area contributed by atoms with Crippen LogP contribution in [0.1, 0.15) is 132 Å². The summed E-state index contributed by atoms with van der Waals surface area (Å²) in [6.45, 7) is 43.4.